The lowest BCUT2D eigenvalue weighted by Crippen LogP contribution is -2.43. The molecule has 24 heavy (non-hydrogen) atoms. The lowest BCUT2D eigenvalue weighted by atomic mass is 9.95. The average Bonchev–Trinajstić information content (AvgIpc) is 3.06. The maximum atomic E-state index is 6.23. The van der Waals surface area contributed by atoms with Gasteiger partial charge in [0, 0.05) is 17.9 Å². The van der Waals surface area contributed by atoms with Crippen molar-refractivity contribution in [3.05, 3.63) is 59.7 Å². The molecule has 0 bridgehead atoms. The predicted molar refractivity (Wildman–Crippen MR) is 94.4 cm³/mol. The van der Waals surface area contributed by atoms with E-state index in [-0.39, 0.29) is 12.3 Å². The highest BCUT2D eigenvalue weighted by Crippen LogP contribution is 2.44. The third-order valence-corrected chi connectivity index (χ3v) is 4.72. The van der Waals surface area contributed by atoms with Crippen molar-refractivity contribution in [2.75, 3.05) is 7.11 Å². The standard InChI is InChI=1S/C20H22N2O2/c1-13(2)20-22-18(16-6-4-5-7-19(16)24-20)12-17(21-22)14-8-10-15(23-3)11-9-14/h4-11,13,18,20H,12H2,1-3H3/t18-,20+/m0/s1. The minimum absolute atomic E-state index is 0.0272. The molecule has 4 heteroatoms. The molecule has 0 fully saturated rings. The topological polar surface area (TPSA) is 34.1 Å². The van der Waals surface area contributed by atoms with E-state index in [1.54, 1.807) is 7.11 Å². The molecule has 4 rings (SSSR count). The van der Waals surface area contributed by atoms with Crippen LogP contribution in [0, 0.1) is 5.92 Å². The highest BCUT2D eigenvalue weighted by molar-refractivity contribution is 6.02. The van der Waals surface area contributed by atoms with Gasteiger partial charge in [-0.25, -0.2) is 5.01 Å². The van der Waals surface area contributed by atoms with Gasteiger partial charge in [-0.3, -0.25) is 0 Å². The van der Waals surface area contributed by atoms with Gasteiger partial charge in [-0.15, -0.1) is 0 Å². The van der Waals surface area contributed by atoms with Crippen molar-refractivity contribution < 1.29 is 9.47 Å². The van der Waals surface area contributed by atoms with Crippen LogP contribution in [0.2, 0.25) is 0 Å². The second kappa shape index (κ2) is 5.86. The van der Waals surface area contributed by atoms with Crippen LogP contribution in [-0.2, 0) is 0 Å². The van der Waals surface area contributed by atoms with Crippen LogP contribution < -0.4 is 9.47 Å². The number of ether oxygens (including phenoxy) is 2. The summed E-state index contributed by atoms with van der Waals surface area (Å²) in [6, 6.07) is 16.7. The summed E-state index contributed by atoms with van der Waals surface area (Å²) in [5.74, 6) is 2.22. The summed E-state index contributed by atoms with van der Waals surface area (Å²) in [7, 11) is 1.68. The van der Waals surface area contributed by atoms with Gasteiger partial charge in [0.25, 0.3) is 0 Å². The lowest BCUT2D eigenvalue weighted by molar-refractivity contribution is -0.0461. The van der Waals surface area contributed by atoms with Gasteiger partial charge in [0.05, 0.1) is 18.9 Å². The summed E-state index contributed by atoms with van der Waals surface area (Å²) in [4.78, 5) is 0. The number of para-hydroxylation sites is 1. The molecular formula is C20H22N2O2. The summed E-state index contributed by atoms with van der Waals surface area (Å²) in [5.41, 5.74) is 3.47. The van der Waals surface area contributed by atoms with Crippen molar-refractivity contribution in [3.63, 3.8) is 0 Å². The van der Waals surface area contributed by atoms with Gasteiger partial charge in [0.2, 0.25) is 0 Å². The van der Waals surface area contributed by atoms with E-state index in [9.17, 15) is 0 Å². The smallest absolute Gasteiger partial charge is 0.190 e. The molecule has 2 atom stereocenters. The van der Waals surface area contributed by atoms with Gasteiger partial charge in [-0.2, -0.15) is 5.10 Å². The van der Waals surface area contributed by atoms with Crippen molar-refractivity contribution >= 4 is 5.71 Å². The summed E-state index contributed by atoms with van der Waals surface area (Å²) >= 11 is 0. The summed E-state index contributed by atoms with van der Waals surface area (Å²) in [6.07, 6.45) is 0.872. The van der Waals surface area contributed by atoms with Crippen LogP contribution in [0.5, 0.6) is 11.5 Å². The number of rotatable bonds is 3. The number of nitrogens with zero attached hydrogens (tertiary/aromatic N) is 2. The minimum atomic E-state index is -0.0272. The molecule has 2 heterocycles. The number of benzene rings is 2. The molecule has 0 saturated carbocycles. The Hall–Kier alpha value is -2.49. The molecule has 0 unspecified atom stereocenters. The van der Waals surface area contributed by atoms with Crippen LogP contribution in [0.3, 0.4) is 0 Å². The Kier molecular flexibility index (Phi) is 3.68. The number of hydrogen-bond donors (Lipinski definition) is 0. The van der Waals surface area contributed by atoms with Gasteiger partial charge < -0.3 is 9.47 Å². The Labute approximate surface area is 142 Å². The molecule has 0 aromatic heterocycles. The first-order valence-electron chi connectivity index (χ1n) is 8.43. The van der Waals surface area contributed by atoms with Gasteiger partial charge in [0.1, 0.15) is 11.5 Å². The Balaban J connectivity index is 1.70. The Morgan fingerprint density at radius 1 is 1.12 bits per heavy atom. The van der Waals surface area contributed by atoms with Crippen LogP contribution in [0.15, 0.2) is 53.6 Å². The normalized spacial score (nSPS) is 21.8. The highest BCUT2D eigenvalue weighted by atomic mass is 16.5. The fourth-order valence-corrected chi connectivity index (χ4v) is 3.46. The molecule has 124 valence electrons. The van der Waals surface area contributed by atoms with E-state index in [1.807, 2.05) is 18.2 Å². The SMILES string of the molecule is COc1ccc(C2=NN3[C@@H](C(C)C)Oc4ccccc4[C@@H]3C2)cc1. The van der Waals surface area contributed by atoms with Crippen LogP contribution >= 0.6 is 0 Å². The van der Waals surface area contributed by atoms with E-state index < -0.39 is 0 Å². The minimum Gasteiger partial charge on any atom is -0.497 e. The molecule has 2 aliphatic rings. The van der Waals surface area contributed by atoms with Gasteiger partial charge in [0.15, 0.2) is 6.23 Å². The number of fused-ring (bicyclic) bond motifs is 3. The van der Waals surface area contributed by atoms with Gasteiger partial charge >= 0.3 is 0 Å². The average molecular weight is 322 g/mol. The first kappa shape index (κ1) is 15.1. The molecule has 0 spiro atoms. The van der Waals surface area contributed by atoms with E-state index in [0.29, 0.717) is 5.92 Å². The molecule has 0 saturated heterocycles. The van der Waals surface area contributed by atoms with Crippen molar-refractivity contribution in [1.82, 2.24) is 5.01 Å². The zero-order valence-corrected chi connectivity index (χ0v) is 14.3. The third-order valence-electron chi connectivity index (χ3n) is 4.72. The fourth-order valence-electron chi connectivity index (χ4n) is 3.46. The van der Waals surface area contributed by atoms with Crippen molar-refractivity contribution in [2.45, 2.75) is 32.5 Å². The maximum Gasteiger partial charge on any atom is 0.190 e. The van der Waals surface area contributed by atoms with Crippen molar-refractivity contribution in [2.24, 2.45) is 11.0 Å². The van der Waals surface area contributed by atoms with E-state index in [4.69, 9.17) is 14.6 Å². The maximum absolute atomic E-state index is 6.23. The first-order valence-corrected chi connectivity index (χ1v) is 8.43. The second-order valence-electron chi connectivity index (χ2n) is 6.67. The highest BCUT2D eigenvalue weighted by Gasteiger charge is 2.41. The molecule has 2 aromatic rings. The van der Waals surface area contributed by atoms with Crippen molar-refractivity contribution in [3.8, 4) is 11.5 Å². The summed E-state index contributed by atoms with van der Waals surface area (Å²) in [5, 5.41) is 7.07. The molecular weight excluding hydrogens is 300 g/mol. The molecule has 0 radical (unpaired) electrons. The predicted octanol–water partition coefficient (Wildman–Crippen LogP) is 4.22. The van der Waals surface area contributed by atoms with Crippen LogP contribution in [0.4, 0.5) is 0 Å². The van der Waals surface area contributed by atoms with Crippen LogP contribution in [-0.4, -0.2) is 24.1 Å². The second-order valence-corrected chi connectivity index (χ2v) is 6.67. The Morgan fingerprint density at radius 3 is 2.58 bits per heavy atom. The number of methoxy groups -OCH3 is 1. The molecule has 2 aromatic carbocycles. The Morgan fingerprint density at radius 2 is 1.88 bits per heavy atom. The number of hydrogen-bond acceptors (Lipinski definition) is 4. The molecule has 0 amide bonds. The monoisotopic (exact) mass is 322 g/mol. The van der Waals surface area contributed by atoms with E-state index in [0.717, 1.165) is 29.2 Å². The van der Waals surface area contributed by atoms with E-state index >= 15 is 0 Å². The summed E-state index contributed by atoms with van der Waals surface area (Å²) in [6.45, 7) is 4.35. The number of hydrazone groups is 1. The molecule has 0 N–H and O–H groups in total. The zero-order chi connectivity index (χ0) is 16.7. The van der Waals surface area contributed by atoms with Crippen LogP contribution in [0.1, 0.15) is 37.4 Å². The first-order chi connectivity index (χ1) is 11.7. The fraction of sp³-hybridized carbons (Fsp3) is 0.350. The Bertz CT molecular complexity index is 767. The van der Waals surface area contributed by atoms with Crippen molar-refractivity contribution in [1.29, 1.82) is 0 Å². The van der Waals surface area contributed by atoms with E-state index in [2.05, 4.69) is 49.2 Å². The largest absolute Gasteiger partial charge is 0.497 e. The summed E-state index contributed by atoms with van der Waals surface area (Å²) < 4.78 is 11.5. The third kappa shape index (κ3) is 2.42. The van der Waals surface area contributed by atoms with Crippen LogP contribution in [0.25, 0.3) is 0 Å². The lowest BCUT2D eigenvalue weighted by Gasteiger charge is -2.39. The van der Waals surface area contributed by atoms with Gasteiger partial charge in [-0.05, 0) is 35.9 Å². The molecule has 0 aliphatic carbocycles. The zero-order valence-electron chi connectivity index (χ0n) is 14.3. The quantitative estimate of drug-likeness (QED) is 0.848. The molecule has 2 aliphatic heterocycles. The van der Waals surface area contributed by atoms with Gasteiger partial charge in [-0.1, -0.05) is 32.0 Å². The molecule has 4 nitrogen and oxygen atoms in total. The van der Waals surface area contributed by atoms with E-state index in [1.165, 1.54) is 5.56 Å².